The molecular weight excluding hydrogens is 334 g/mol. The molecule has 3 heteroatoms. The summed E-state index contributed by atoms with van der Waals surface area (Å²) in [6.45, 7) is 10.1. The Balaban J connectivity index is 2.24. The lowest BCUT2D eigenvalue weighted by atomic mass is 9.79. The van der Waals surface area contributed by atoms with Gasteiger partial charge >= 0.3 is 0 Å². The fourth-order valence-electron chi connectivity index (χ4n) is 4.19. The predicted octanol–water partition coefficient (Wildman–Crippen LogP) is 5.78. The first-order valence-electron chi connectivity index (χ1n) is 9.67. The van der Waals surface area contributed by atoms with Crippen molar-refractivity contribution >= 4 is 8.32 Å². The summed E-state index contributed by atoms with van der Waals surface area (Å²) in [7, 11) is -1.83. The fourth-order valence-corrected chi connectivity index (χ4v) is 5.52. The second-order valence-electron chi connectivity index (χ2n) is 8.06. The Morgan fingerprint density at radius 2 is 1.50 bits per heavy atom. The van der Waals surface area contributed by atoms with Crippen LogP contribution in [-0.2, 0) is 10.0 Å². The van der Waals surface area contributed by atoms with Crippen LogP contribution in [-0.4, -0.2) is 25.8 Å². The normalized spacial score (nSPS) is 18.6. The minimum absolute atomic E-state index is 0.301. The second-order valence-corrected chi connectivity index (χ2v) is 12.5. The van der Waals surface area contributed by atoms with Gasteiger partial charge in [-0.3, -0.25) is 0 Å². The molecule has 1 fully saturated rings. The van der Waals surface area contributed by atoms with E-state index in [4.69, 9.17) is 4.43 Å². The topological polar surface area (TPSA) is 12.5 Å². The van der Waals surface area contributed by atoms with E-state index in [1.807, 2.05) is 0 Å². The van der Waals surface area contributed by atoms with E-state index < -0.39 is 13.9 Å². The molecule has 138 valence electrons. The molecule has 1 heterocycles. The molecule has 1 saturated heterocycles. The molecule has 26 heavy (non-hydrogen) atoms. The molecule has 0 saturated carbocycles. The summed E-state index contributed by atoms with van der Waals surface area (Å²) in [5, 5.41) is 0. The van der Waals surface area contributed by atoms with Gasteiger partial charge in [-0.2, -0.15) is 0 Å². The fraction of sp³-hybridized carbons (Fsp3) is 0.391. The lowest BCUT2D eigenvalue weighted by Gasteiger charge is -2.47. The van der Waals surface area contributed by atoms with Crippen LogP contribution < -0.4 is 0 Å². The minimum Gasteiger partial charge on any atom is -0.402 e. The van der Waals surface area contributed by atoms with E-state index in [2.05, 4.69) is 104 Å². The van der Waals surface area contributed by atoms with E-state index in [-0.39, 0.29) is 0 Å². The first-order chi connectivity index (χ1) is 12.5. The van der Waals surface area contributed by atoms with Crippen LogP contribution in [0.4, 0.5) is 0 Å². The highest BCUT2D eigenvalue weighted by molar-refractivity contribution is 6.69. The molecule has 0 radical (unpaired) electrons. The maximum atomic E-state index is 7.12. The van der Waals surface area contributed by atoms with Gasteiger partial charge < -0.3 is 9.33 Å². The van der Waals surface area contributed by atoms with Crippen LogP contribution >= 0.6 is 0 Å². The highest BCUT2D eigenvalue weighted by atomic mass is 28.4. The van der Waals surface area contributed by atoms with Crippen molar-refractivity contribution in [3.8, 4) is 0 Å². The molecule has 0 N–H and O–H groups in total. The second kappa shape index (κ2) is 7.81. The number of benzene rings is 2. The van der Waals surface area contributed by atoms with Gasteiger partial charge in [0, 0.05) is 6.54 Å². The Morgan fingerprint density at radius 3 is 1.96 bits per heavy atom. The molecule has 0 spiro atoms. The third-order valence-corrected chi connectivity index (χ3v) is 5.91. The third-order valence-electron chi connectivity index (χ3n) is 4.98. The van der Waals surface area contributed by atoms with E-state index >= 15 is 0 Å². The molecule has 2 nitrogen and oxygen atoms in total. The average molecular weight is 366 g/mol. The van der Waals surface area contributed by atoms with Crippen LogP contribution in [0.3, 0.4) is 0 Å². The van der Waals surface area contributed by atoms with Crippen molar-refractivity contribution in [2.45, 2.75) is 51.0 Å². The van der Waals surface area contributed by atoms with Gasteiger partial charge in [0.2, 0.25) is 0 Å². The van der Waals surface area contributed by atoms with Crippen LogP contribution in [0.5, 0.6) is 0 Å². The molecule has 1 aliphatic heterocycles. The van der Waals surface area contributed by atoms with Gasteiger partial charge in [0.25, 0.3) is 0 Å². The highest BCUT2D eigenvalue weighted by Crippen LogP contribution is 2.45. The molecule has 3 rings (SSSR count). The van der Waals surface area contributed by atoms with Crippen LogP contribution in [0.2, 0.25) is 19.6 Å². The number of hydrogen-bond donors (Lipinski definition) is 0. The standard InChI is InChI=1S/C23H31NOSi/c1-5-18-24-19-12-17-22(24)23(25-26(2,3)4,20-13-8-6-9-14-20)21-15-10-7-11-16-21/h5-11,13-16,18,22H,12,17,19H2,1-4H3/b18-5-/t22-/m0/s1. The molecule has 2 aromatic carbocycles. The molecule has 0 aromatic heterocycles. The Kier molecular flexibility index (Phi) is 5.69. The zero-order chi connectivity index (χ0) is 18.6. The summed E-state index contributed by atoms with van der Waals surface area (Å²) in [6, 6.07) is 22.0. The van der Waals surface area contributed by atoms with Gasteiger partial charge in [-0.15, -0.1) is 0 Å². The van der Waals surface area contributed by atoms with Gasteiger partial charge in [0.15, 0.2) is 8.32 Å². The molecule has 1 atom stereocenters. The molecule has 2 aromatic rings. The molecule has 0 bridgehead atoms. The summed E-state index contributed by atoms with van der Waals surface area (Å²) in [5.41, 5.74) is 2.08. The van der Waals surface area contributed by atoms with Gasteiger partial charge in [0.05, 0.1) is 6.04 Å². The van der Waals surface area contributed by atoms with Gasteiger partial charge in [-0.1, -0.05) is 66.7 Å². The van der Waals surface area contributed by atoms with E-state index in [0.717, 1.165) is 13.0 Å². The quantitative estimate of drug-likeness (QED) is 0.602. The lowest BCUT2D eigenvalue weighted by molar-refractivity contribution is 0.0284. The van der Waals surface area contributed by atoms with E-state index in [0.29, 0.717) is 6.04 Å². The van der Waals surface area contributed by atoms with Gasteiger partial charge in [-0.25, -0.2) is 0 Å². The molecule has 0 unspecified atom stereocenters. The average Bonchev–Trinajstić information content (AvgIpc) is 3.09. The first-order valence-corrected chi connectivity index (χ1v) is 13.1. The molecule has 0 amide bonds. The first kappa shape index (κ1) is 18.9. The smallest absolute Gasteiger partial charge is 0.185 e. The van der Waals surface area contributed by atoms with Crippen molar-refractivity contribution < 1.29 is 4.43 Å². The summed E-state index contributed by atoms with van der Waals surface area (Å²) in [6.07, 6.45) is 6.73. The van der Waals surface area contributed by atoms with Gasteiger partial charge in [0.1, 0.15) is 5.60 Å². The van der Waals surface area contributed by atoms with Crippen molar-refractivity contribution in [3.05, 3.63) is 84.1 Å². The predicted molar refractivity (Wildman–Crippen MR) is 113 cm³/mol. The zero-order valence-corrected chi connectivity index (χ0v) is 17.5. The van der Waals surface area contributed by atoms with Crippen LogP contribution in [0.25, 0.3) is 0 Å². The van der Waals surface area contributed by atoms with Crippen LogP contribution in [0, 0.1) is 0 Å². The Morgan fingerprint density at radius 1 is 0.962 bits per heavy atom. The Hall–Kier alpha value is -1.84. The molecular formula is C23H31NOSi. The van der Waals surface area contributed by atoms with Gasteiger partial charge in [-0.05, 0) is 56.7 Å². The summed E-state index contributed by atoms with van der Waals surface area (Å²) >= 11 is 0. The molecule has 0 aliphatic carbocycles. The number of rotatable bonds is 6. The van der Waals surface area contributed by atoms with Crippen molar-refractivity contribution in [2.24, 2.45) is 0 Å². The monoisotopic (exact) mass is 365 g/mol. The molecule has 1 aliphatic rings. The van der Waals surface area contributed by atoms with Crippen molar-refractivity contribution in [1.29, 1.82) is 0 Å². The summed E-state index contributed by atoms with van der Waals surface area (Å²) in [4.78, 5) is 2.49. The lowest BCUT2D eigenvalue weighted by Crippen LogP contribution is -2.53. The summed E-state index contributed by atoms with van der Waals surface area (Å²) in [5.74, 6) is 0. The van der Waals surface area contributed by atoms with Crippen molar-refractivity contribution in [2.75, 3.05) is 6.54 Å². The number of allylic oxidation sites excluding steroid dienone is 1. The summed E-state index contributed by atoms with van der Waals surface area (Å²) < 4.78 is 7.12. The zero-order valence-electron chi connectivity index (χ0n) is 16.5. The Bertz CT molecular complexity index is 681. The number of hydrogen-bond acceptors (Lipinski definition) is 2. The van der Waals surface area contributed by atoms with E-state index in [1.165, 1.54) is 17.5 Å². The van der Waals surface area contributed by atoms with E-state index in [9.17, 15) is 0 Å². The SMILES string of the molecule is C/C=C\N1CCC[C@H]1C(O[Si](C)(C)C)(c1ccccc1)c1ccccc1. The largest absolute Gasteiger partial charge is 0.402 e. The van der Waals surface area contributed by atoms with Crippen molar-refractivity contribution in [1.82, 2.24) is 4.90 Å². The third kappa shape index (κ3) is 3.79. The maximum absolute atomic E-state index is 7.12. The van der Waals surface area contributed by atoms with Crippen LogP contribution in [0.1, 0.15) is 30.9 Å². The van der Waals surface area contributed by atoms with Crippen LogP contribution in [0.15, 0.2) is 72.9 Å². The number of likely N-dealkylation sites (tertiary alicyclic amines) is 1. The maximum Gasteiger partial charge on any atom is 0.185 e. The Labute approximate surface area is 159 Å². The number of nitrogens with zero attached hydrogens (tertiary/aromatic N) is 1. The van der Waals surface area contributed by atoms with Crippen molar-refractivity contribution in [3.63, 3.8) is 0 Å². The highest BCUT2D eigenvalue weighted by Gasteiger charge is 2.49. The minimum atomic E-state index is -1.83. The van der Waals surface area contributed by atoms with E-state index in [1.54, 1.807) is 0 Å².